The third-order valence-corrected chi connectivity index (χ3v) is 0. The van der Waals surface area contributed by atoms with Crippen LogP contribution in [-0.4, -0.2) is 20.8 Å². The largest absolute Gasteiger partial charge is 1.00 e. The van der Waals surface area contributed by atoms with Crippen LogP contribution in [0.15, 0.2) is 0 Å². The van der Waals surface area contributed by atoms with Crippen LogP contribution in [0.4, 0.5) is 0 Å². The molecule has 0 fully saturated rings. The molecule has 0 saturated heterocycles. The Morgan fingerprint density at radius 1 is 1.25 bits per heavy atom. The number of rotatable bonds is 0. The summed E-state index contributed by atoms with van der Waals surface area (Å²) in [5.74, 6) is 0. The van der Waals surface area contributed by atoms with E-state index in [1.165, 1.54) is 0 Å². The molecule has 0 rings (SSSR count). The summed E-state index contributed by atoms with van der Waals surface area (Å²) < 4.78 is 3.78. The Hall–Kier alpha value is 0.991. The van der Waals surface area contributed by atoms with Gasteiger partial charge in [0.15, 0.2) is 0 Å². The second-order valence-electron chi connectivity index (χ2n) is 0.447. The Balaban J connectivity index is 0. The Morgan fingerprint density at radius 2 is 1.25 bits per heavy atom. The van der Waals surface area contributed by atoms with Crippen molar-refractivity contribution in [3.05, 3.63) is 4.65 Å². The van der Waals surface area contributed by atoms with Crippen LogP contribution >= 0.6 is 0 Å². The minimum absolute atomic E-state index is 0. The molecule has 4 heteroatoms. The molecule has 0 aliphatic carbocycles. The van der Waals surface area contributed by atoms with Gasteiger partial charge in [0.1, 0.15) is 0 Å². The molecule has 0 bridgehead atoms. The second-order valence-corrected chi connectivity index (χ2v) is 4.02. The molecule has 0 radical (unpaired) electrons. The van der Waals surface area contributed by atoms with E-state index >= 15 is 0 Å². The molecule has 4 heavy (non-hydrogen) atoms. The van der Waals surface area contributed by atoms with E-state index in [2.05, 4.69) is 4.65 Å². The van der Waals surface area contributed by atoms with Crippen molar-refractivity contribution < 1.29 is 18.9 Å². The van der Waals surface area contributed by atoms with Crippen molar-refractivity contribution >= 4 is 20.8 Å². The predicted octanol–water partition coefficient (Wildman–Crippen LogP) is -5.08. The summed E-state index contributed by atoms with van der Waals surface area (Å²) in [5.41, 5.74) is 0. The molecule has 0 aromatic carbocycles. The summed E-state index contributed by atoms with van der Waals surface area (Å²) in [6.45, 7) is 0. The SMILES string of the molecule is [Li+].[SiH3][N-][SiH3]. The average Bonchev–Trinajstić information content (AvgIpc) is 0.918. The first-order valence-electron chi connectivity index (χ1n) is 0.894. The zero-order valence-corrected chi connectivity index (χ0v) is 7.45. The molecule has 1 nitrogen and oxygen atoms in total. The molecule has 0 amide bonds. The molecule has 0 N–H and O–H groups in total. The van der Waals surface area contributed by atoms with Crippen molar-refractivity contribution in [1.82, 2.24) is 0 Å². The molecule has 0 heterocycles. The Labute approximate surface area is 44.7 Å². The minimum Gasteiger partial charge on any atom is -0.682 e. The zero-order chi connectivity index (χ0) is 2.71. The summed E-state index contributed by atoms with van der Waals surface area (Å²) in [4.78, 5) is 0. The molecule has 0 aliphatic heterocycles. The van der Waals surface area contributed by atoms with E-state index in [9.17, 15) is 0 Å². The van der Waals surface area contributed by atoms with Crippen molar-refractivity contribution in [3.8, 4) is 0 Å². The van der Waals surface area contributed by atoms with Gasteiger partial charge < -0.3 is 4.65 Å². The third-order valence-electron chi connectivity index (χ3n) is 0. The summed E-state index contributed by atoms with van der Waals surface area (Å²) in [6.07, 6.45) is 0. The van der Waals surface area contributed by atoms with Crippen LogP contribution in [0.3, 0.4) is 0 Å². The van der Waals surface area contributed by atoms with Gasteiger partial charge in [-0.05, 0) is 0 Å². The quantitative estimate of drug-likeness (QED) is 0.260. The number of nitrogens with zero attached hydrogens (tertiary/aromatic N) is 1. The van der Waals surface area contributed by atoms with Crippen molar-refractivity contribution in [3.63, 3.8) is 0 Å². The van der Waals surface area contributed by atoms with Gasteiger partial charge in [-0.15, -0.1) is 20.8 Å². The fourth-order valence-electron chi connectivity index (χ4n) is 0. The Bertz CT molecular complexity index is 6.00. The molecule has 0 aromatic heterocycles. The van der Waals surface area contributed by atoms with E-state index in [1.807, 2.05) is 0 Å². The molecule has 0 saturated carbocycles. The maximum Gasteiger partial charge on any atom is 1.00 e. The Kier molecular flexibility index (Phi) is 20.0. The molecule has 0 unspecified atom stereocenters. The smallest absolute Gasteiger partial charge is 0.682 e. The zero-order valence-electron chi connectivity index (χ0n) is 3.45. The molecule has 0 spiro atoms. The van der Waals surface area contributed by atoms with Gasteiger partial charge in [-0.3, -0.25) is 0 Å². The van der Waals surface area contributed by atoms with Gasteiger partial charge in [0, 0.05) is 0 Å². The van der Waals surface area contributed by atoms with Crippen LogP contribution < -0.4 is 18.9 Å². The molecular formula is H6LiNSi2. The molecule has 0 aliphatic rings. The van der Waals surface area contributed by atoms with Crippen molar-refractivity contribution in [1.29, 1.82) is 0 Å². The van der Waals surface area contributed by atoms with E-state index in [0.29, 0.717) is 0 Å². The monoisotopic (exact) mass is 83.0 g/mol. The van der Waals surface area contributed by atoms with E-state index in [0.717, 1.165) is 20.8 Å². The first-order chi connectivity index (χ1) is 1.41. The summed E-state index contributed by atoms with van der Waals surface area (Å²) >= 11 is 0. The minimum atomic E-state index is 0. The van der Waals surface area contributed by atoms with Crippen LogP contribution in [-0.2, 0) is 0 Å². The first-order valence-corrected chi connectivity index (χ1v) is 2.68. The maximum absolute atomic E-state index is 3.78. The van der Waals surface area contributed by atoms with E-state index in [4.69, 9.17) is 0 Å². The van der Waals surface area contributed by atoms with Gasteiger partial charge >= 0.3 is 18.9 Å². The Morgan fingerprint density at radius 3 is 1.25 bits per heavy atom. The summed E-state index contributed by atoms with van der Waals surface area (Å²) in [7, 11) is 2.11. The normalized spacial score (nSPS) is 6.00. The van der Waals surface area contributed by atoms with Gasteiger partial charge in [0.05, 0.1) is 0 Å². The molecule has 20 valence electrons. The van der Waals surface area contributed by atoms with Gasteiger partial charge in [-0.1, -0.05) is 0 Å². The number of hydrogen-bond donors (Lipinski definition) is 0. The van der Waals surface area contributed by atoms with Gasteiger partial charge in [0.25, 0.3) is 0 Å². The van der Waals surface area contributed by atoms with Crippen molar-refractivity contribution in [2.75, 3.05) is 0 Å². The van der Waals surface area contributed by atoms with Gasteiger partial charge in [-0.2, -0.15) is 0 Å². The predicted molar refractivity (Wildman–Crippen MR) is 23.2 cm³/mol. The molecular weight excluding hydrogens is 77.1 g/mol. The first kappa shape index (κ1) is 8.89. The van der Waals surface area contributed by atoms with E-state index in [-0.39, 0.29) is 18.9 Å². The van der Waals surface area contributed by atoms with Gasteiger partial charge in [-0.25, -0.2) is 0 Å². The van der Waals surface area contributed by atoms with E-state index in [1.54, 1.807) is 0 Å². The summed E-state index contributed by atoms with van der Waals surface area (Å²) in [5, 5.41) is 0. The standard InChI is InChI=1S/Li.H6NSi2/c;2-1-3/h;2-3H3/q+1;-1. The average molecular weight is 83.2 g/mol. The molecule has 0 aromatic rings. The number of hydrogen-bond acceptors (Lipinski definition) is 0. The van der Waals surface area contributed by atoms with Crippen LogP contribution in [0.5, 0.6) is 0 Å². The fourth-order valence-corrected chi connectivity index (χ4v) is 0. The van der Waals surface area contributed by atoms with Crippen molar-refractivity contribution in [2.24, 2.45) is 0 Å². The van der Waals surface area contributed by atoms with Crippen molar-refractivity contribution in [2.45, 2.75) is 0 Å². The third kappa shape index (κ3) is 12.1. The second kappa shape index (κ2) is 9.01. The van der Waals surface area contributed by atoms with Crippen LogP contribution in [0.1, 0.15) is 0 Å². The van der Waals surface area contributed by atoms with E-state index < -0.39 is 0 Å². The van der Waals surface area contributed by atoms with Crippen LogP contribution in [0.25, 0.3) is 4.65 Å². The van der Waals surface area contributed by atoms with Crippen LogP contribution in [0.2, 0.25) is 0 Å². The van der Waals surface area contributed by atoms with Crippen LogP contribution in [0, 0.1) is 0 Å². The fraction of sp³-hybridized carbons (Fsp3) is 0. The summed E-state index contributed by atoms with van der Waals surface area (Å²) in [6, 6.07) is 0. The molecule has 0 atom stereocenters. The van der Waals surface area contributed by atoms with Gasteiger partial charge in [0.2, 0.25) is 0 Å². The maximum atomic E-state index is 3.78. The topological polar surface area (TPSA) is 14.1 Å².